The third-order valence-corrected chi connectivity index (χ3v) is 7.67. The number of aryl methyl sites for hydroxylation is 1. The number of carbonyl (C=O) groups excluding carboxylic acids is 2. The second-order valence-corrected chi connectivity index (χ2v) is 12.0. The summed E-state index contributed by atoms with van der Waals surface area (Å²) in [5, 5.41) is 3.19. The lowest BCUT2D eigenvalue weighted by Crippen LogP contribution is -2.54. The smallest absolute Gasteiger partial charge is 0.244 e. The van der Waals surface area contributed by atoms with Gasteiger partial charge in [0.2, 0.25) is 21.8 Å². The fourth-order valence-electron chi connectivity index (χ4n) is 4.10. The zero-order valence-corrected chi connectivity index (χ0v) is 24.0. The van der Waals surface area contributed by atoms with E-state index in [4.69, 9.17) is 11.6 Å². The van der Waals surface area contributed by atoms with Crippen molar-refractivity contribution in [3.63, 3.8) is 0 Å². The molecule has 10 heteroatoms. The van der Waals surface area contributed by atoms with Gasteiger partial charge in [-0.15, -0.1) is 0 Å². The molecule has 1 atom stereocenters. The fraction of sp³-hybridized carbons (Fsp3) is 0.310. The number of anilines is 1. The van der Waals surface area contributed by atoms with Crippen LogP contribution in [0, 0.1) is 12.7 Å². The van der Waals surface area contributed by atoms with Crippen LogP contribution in [-0.4, -0.2) is 50.0 Å². The average molecular weight is 574 g/mol. The molecule has 0 aliphatic rings. The summed E-state index contributed by atoms with van der Waals surface area (Å²) in [7, 11) is -3.93. The number of carbonyl (C=O) groups is 2. The Morgan fingerprint density at radius 1 is 1.00 bits per heavy atom. The first-order chi connectivity index (χ1) is 18.4. The molecule has 0 aliphatic heterocycles. The lowest BCUT2D eigenvalue weighted by Gasteiger charge is -2.34. The van der Waals surface area contributed by atoms with E-state index in [-0.39, 0.29) is 30.3 Å². The van der Waals surface area contributed by atoms with E-state index >= 15 is 0 Å². The van der Waals surface area contributed by atoms with Gasteiger partial charge in [-0.05, 0) is 50.1 Å². The van der Waals surface area contributed by atoms with Crippen molar-refractivity contribution in [2.24, 2.45) is 0 Å². The third-order valence-electron chi connectivity index (χ3n) is 6.12. The zero-order valence-electron chi connectivity index (χ0n) is 22.4. The molecule has 3 rings (SSSR count). The van der Waals surface area contributed by atoms with Crippen LogP contribution in [0.4, 0.5) is 10.1 Å². The van der Waals surface area contributed by atoms with E-state index in [0.717, 1.165) is 21.7 Å². The van der Waals surface area contributed by atoms with Crippen molar-refractivity contribution < 1.29 is 22.4 Å². The molecule has 0 saturated carbocycles. The van der Waals surface area contributed by atoms with E-state index in [2.05, 4.69) is 5.32 Å². The molecule has 1 N–H and O–H groups in total. The molecule has 208 valence electrons. The summed E-state index contributed by atoms with van der Waals surface area (Å²) in [5.41, 5.74) is 1.94. The number of nitrogens with one attached hydrogen (secondary N) is 1. The van der Waals surface area contributed by atoms with Gasteiger partial charge in [0, 0.05) is 29.6 Å². The Labute approximate surface area is 234 Å². The summed E-state index contributed by atoms with van der Waals surface area (Å²) < 4.78 is 41.3. The number of sulfonamides is 1. The molecule has 3 aromatic rings. The van der Waals surface area contributed by atoms with Crippen molar-refractivity contribution >= 4 is 39.1 Å². The highest BCUT2D eigenvalue weighted by molar-refractivity contribution is 7.92. The molecule has 0 saturated heterocycles. The number of benzene rings is 3. The molecule has 39 heavy (non-hydrogen) atoms. The molecule has 0 aliphatic carbocycles. The number of rotatable bonds is 11. The maximum Gasteiger partial charge on any atom is 0.244 e. The van der Waals surface area contributed by atoms with Crippen LogP contribution in [0.1, 0.15) is 30.5 Å². The molecule has 0 fully saturated rings. The van der Waals surface area contributed by atoms with Crippen LogP contribution in [0.5, 0.6) is 0 Å². The second-order valence-electron chi connectivity index (χ2n) is 9.68. The van der Waals surface area contributed by atoms with Crippen LogP contribution in [0.25, 0.3) is 0 Å². The normalized spacial score (nSPS) is 12.2. The summed E-state index contributed by atoms with van der Waals surface area (Å²) in [5.74, 6) is -1.63. The number of hydrogen-bond acceptors (Lipinski definition) is 4. The van der Waals surface area contributed by atoms with Crippen molar-refractivity contribution in [2.45, 2.75) is 45.8 Å². The van der Waals surface area contributed by atoms with Gasteiger partial charge in [0.1, 0.15) is 18.4 Å². The van der Waals surface area contributed by atoms with Crippen molar-refractivity contribution in [3.8, 4) is 0 Å². The van der Waals surface area contributed by atoms with Crippen LogP contribution in [0.15, 0.2) is 72.8 Å². The minimum absolute atomic E-state index is 0.148. The largest absolute Gasteiger partial charge is 0.352 e. The molecular weight excluding hydrogens is 541 g/mol. The van der Waals surface area contributed by atoms with Gasteiger partial charge in [0.05, 0.1) is 11.9 Å². The van der Waals surface area contributed by atoms with Crippen LogP contribution in [0.3, 0.4) is 0 Å². The van der Waals surface area contributed by atoms with Crippen molar-refractivity contribution in [2.75, 3.05) is 17.1 Å². The molecular formula is C29H33ClFN3O4S. The molecule has 7 nitrogen and oxygen atoms in total. The van der Waals surface area contributed by atoms with Crippen LogP contribution in [0.2, 0.25) is 5.02 Å². The maximum absolute atomic E-state index is 14.8. The molecule has 0 spiro atoms. The lowest BCUT2D eigenvalue weighted by atomic mass is 10.0. The first-order valence-electron chi connectivity index (χ1n) is 12.5. The van der Waals surface area contributed by atoms with Gasteiger partial charge in [-0.2, -0.15) is 0 Å². The Hall–Kier alpha value is -3.43. The molecule has 3 aromatic carbocycles. The monoisotopic (exact) mass is 573 g/mol. The first-order valence-corrected chi connectivity index (χ1v) is 14.7. The predicted molar refractivity (Wildman–Crippen MR) is 153 cm³/mol. The van der Waals surface area contributed by atoms with Crippen molar-refractivity contribution in [3.05, 3.63) is 100 Å². The second kappa shape index (κ2) is 13.1. The summed E-state index contributed by atoms with van der Waals surface area (Å²) in [4.78, 5) is 28.7. The van der Waals surface area contributed by atoms with Gasteiger partial charge in [-0.3, -0.25) is 13.9 Å². The number of nitrogens with zero attached hydrogens (tertiary/aromatic N) is 2. The Bertz CT molecular complexity index is 1420. The van der Waals surface area contributed by atoms with Crippen LogP contribution < -0.4 is 9.62 Å². The molecule has 2 amide bonds. The van der Waals surface area contributed by atoms with Gasteiger partial charge in [-0.1, -0.05) is 66.2 Å². The average Bonchev–Trinajstić information content (AvgIpc) is 2.87. The van der Waals surface area contributed by atoms with Crippen molar-refractivity contribution in [1.82, 2.24) is 10.2 Å². The van der Waals surface area contributed by atoms with Gasteiger partial charge < -0.3 is 10.2 Å². The highest BCUT2D eigenvalue weighted by atomic mass is 35.5. The van der Waals surface area contributed by atoms with E-state index in [1.165, 1.54) is 29.2 Å². The zero-order chi connectivity index (χ0) is 28.7. The van der Waals surface area contributed by atoms with Crippen molar-refractivity contribution in [1.29, 1.82) is 0 Å². The highest BCUT2D eigenvalue weighted by Gasteiger charge is 2.33. The summed E-state index contributed by atoms with van der Waals surface area (Å²) in [6, 6.07) is 18.6. The maximum atomic E-state index is 14.8. The summed E-state index contributed by atoms with van der Waals surface area (Å²) in [6.07, 6.45) is 1.14. The molecule has 0 heterocycles. The van der Waals surface area contributed by atoms with Gasteiger partial charge >= 0.3 is 0 Å². The Morgan fingerprint density at radius 3 is 2.23 bits per heavy atom. The Kier molecular flexibility index (Phi) is 10.1. The Balaban J connectivity index is 2.08. The van der Waals surface area contributed by atoms with Gasteiger partial charge in [0.15, 0.2) is 0 Å². The van der Waals surface area contributed by atoms with Crippen LogP contribution >= 0.6 is 11.6 Å². The van der Waals surface area contributed by atoms with E-state index in [1.807, 2.05) is 30.3 Å². The minimum Gasteiger partial charge on any atom is -0.352 e. The standard InChI is InChI=1S/C29H33ClFN3O4S/c1-20(2)32-29(36)27(16-22-10-6-5-7-11-22)33(18-23-12-8-9-13-26(23)31)28(35)19-34(39(4,37)38)24-15-14-21(3)25(30)17-24/h5-15,17,20,27H,16,18-19H2,1-4H3,(H,32,36)/t27-/m0/s1. The van der Waals surface area contributed by atoms with Crippen LogP contribution in [-0.2, 0) is 32.6 Å². The SMILES string of the molecule is Cc1ccc(N(CC(=O)N(Cc2ccccc2F)[C@@H](Cc2ccccc2)C(=O)NC(C)C)S(C)(=O)=O)cc1Cl. The topological polar surface area (TPSA) is 86.8 Å². The molecule has 0 aromatic heterocycles. The fourth-order valence-corrected chi connectivity index (χ4v) is 5.11. The number of amides is 2. The Morgan fingerprint density at radius 2 is 1.64 bits per heavy atom. The van der Waals surface area contributed by atoms with Gasteiger partial charge in [0.25, 0.3) is 0 Å². The van der Waals surface area contributed by atoms with E-state index in [0.29, 0.717) is 5.02 Å². The third kappa shape index (κ3) is 8.28. The highest BCUT2D eigenvalue weighted by Crippen LogP contribution is 2.26. The molecule has 0 unspecified atom stereocenters. The first kappa shape index (κ1) is 30.1. The summed E-state index contributed by atoms with van der Waals surface area (Å²) in [6.45, 7) is 4.54. The minimum atomic E-state index is -3.93. The van der Waals surface area contributed by atoms with E-state index < -0.39 is 40.2 Å². The number of hydrogen-bond donors (Lipinski definition) is 1. The molecule has 0 radical (unpaired) electrons. The van der Waals surface area contributed by atoms with E-state index in [9.17, 15) is 22.4 Å². The lowest BCUT2D eigenvalue weighted by molar-refractivity contribution is -0.140. The predicted octanol–water partition coefficient (Wildman–Crippen LogP) is 4.72. The van der Waals surface area contributed by atoms with Gasteiger partial charge in [-0.25, -0.2) is 12.8 Å². The quantitative estimate of drug-likeness (QED) is 0.360. The number of halogens is 2. The summed E-state index contributed by atoms with van der Waals surface area (Å²) >= 11 is 6.25. The van der Waals surface area contributed by atoms with E-state index in [1.54, 1.807) is 39.0 Å². The molecule has 0 bridgehead atoms.